The summed E-state index contributed by atoms with van der Waals surface area (Å²) in [6.45, 7) is 6.67. The molecule has 1 N–H and O–H groups in total. The number of aliphatic imine (C=N–C) groups is 1. The summed E-state index contributed by atoms with van der Waals surface area (Å²) >= 11 is 0. The first-order chi connectivity index (χ1) is 5.16. The molecule has 0 atom stereocenters. The van der Waals surface area contributed by atoms with Crippen LogP contribution in [0.4, 0.5) is 0 Å². The molecule has 0 spiro atoms. The molecule has 0 aliphatic heterocycles. The minimum absolute atomic E-state index is 0.0902. The maximum atomic E-state index is 10.5. The third-order valence-corrected chi connectivity index (χ3v) is 0.833. The van der Waals surface area contributed by atoms with Crippen LogP contribution in [0.5, 0.6) is 0 Å². The summed E-state index contributed by atoms with van der Waals surface area (Å²) in [5.41, 5.74) is 0.718. The summed E-state index contributed by atoms with van der Waals surface area (Å²) in [5, 5.41) is 2.58. The predicted molar refractivity (Wildman–Crippen MR) is 46.3 cm³/mol. The van der Waals surface area contributed by atoms with Gasteiger partial charge in [0.15, 0.2) is 0 Å². The fourth-order valence-electron chi connectivity index (χ4n) is 0.526. The Morgan fingerprint density at radius 2 is 2.18 bits per heavy atom. The summed E-state index contributed by atoms with van der Waals surface area (Å²) < 4.78 is 0. The van der Waals surface area contributed by atoms with Gasteiger partial charge in [-0.15, -0.1) is 0 Å². The molecule has 0 aliphatic rings. The van der Waals surface area contributed by atoms with Crippen LogP contribution in [0.3, 0.4) is 0 Å². The van der Waals surface area contributed by atoms with Crippen LogP contribution in [0.1, 0.15) is 13.8 Å². The van der Waals surface area contributed by atoms with E-state index in [2.05, 4.69) is 16.9 Å². The summed E-state index contributed by atoms with van der Waals surface area (Å²) in [5.74, 6) is -0.0902. The van der Waals surface area contributed by atoms with Gasteiger partial charge in [0.2, 0.25) is 5.91 Å². The van der Waals surface area contributed by atoms with Crippen LogP contribution in [-0.2, 0) is 4.79 Å². The van der Waals surface area contributed by atoms with Gasteiger partial charge in [0, 0.05) is 25.0 Å². The van der Waals surface area contributed by atoms with Crippen molar-refractivity contribution >= 4 is 12.1 Å². The van der Waals surface area contributed by atoms with Crippen molar-refractivity contribution in [1.82, 2.24) is 5.32 Å². The summed E-state index contributed by atoms with van der Waals surface area (Å²) in [7, 11) is 0. The van der Waals surface area contributed by atoms with Crippen LogP contribution >= 0.6 is 0 Å². The molecule has 3 heteroatoms. The number of carbonyl (C=O) groups is 1. The molecule has 11 heavy (non-hydrogen) atoms. The van der Waals surface area contributed by atoms with Gasteiger partial charge in [-0.25, -0.2) is 0 Å². The van der Waals surface area contributed by atoms with Crippen LogP contribution in [0.25, 0.3) is 0 Å². The third kappa shape index (κ3) is 6.51. The van der Waals surface area contributed by atoms with Crippen molar-refractivity contribution in [3.63, 3.8) is 0 Å². The quantitative estimate of drug-likeness (QED) is 0.607. The van der Waals surface area contributed by atoms with Crippen LogP contribution in [-0.4, -0.2) is 12.1 Å². The average molecular weight is 152 g/mol. The number of carbonyl (C=O) groups excluding carboxylic acids is 1. The second kappa shape index (κ2) is 5.41. The molecular formula is C8H12N2O. The van der Waals surface area contributed by atoms with Crippen LogP contribution in [0.2, 0.25) is 0 Å². The van der Waals surface area contributed by atoms with Gasteiger partial charge in [-0.2, -0.15) is 0 Å². The second-order valence-electron chi connectivity index (χ2n) is 2.03. The summed E-state index contributed by atoms with van der Waals surface area (Å²) in [4.78, 5) is 14.3. The second-order valence-corrected chi connectivity index (χ2v) is 2.03. The fraction of sp³-hybridized carbons (Fsp3) is 0.250. The fourth-order valence-corrected chi connectivity index (χ4v) is 0.526. The normalized spacial score (nSPS) is 11.6. The molecule has 3 nitrogen and oxygen atoms in total. The molecule has 0 radical (unpaired) electrons. The Kier molecular flexibility index (Phi) is 4.73. The van der Waals surface area contributed by atoms with E-state index in [4.69, 9.17) is 0 Å². The van der Waals surface area contributed by atoms with Gasteiger partial charge < -0.3 is 5.32 Å². The van der Waals surface area contributed by atoms with Gasteiger partial charge >= 0.3 is 0 Å². The van der Waals surface area contributed by atoms with Gasteiger partial charge in [-0.1, -0.05) is 12.7 Å². The zero-order chi connectivity index (χ0) is 8.69. The Bertz CT molecular complexity index is 204. The number of hydrogen-bond donors (Lipinski definition) is 1. The summed E-state index contributed by atoms with van der Waals surface area (Å²) in [6, 6.07) is 0. The monoisotopic (exact) mass is 152 g/mol. The maximum absolute atomic E-state index is 10.5. The lowest BCUT2D eigenvalue weighted by molar-refractivity contribution is -0.118. The Balaban J connectivity index is 3.90. The lowest BCUT2D eigenvalue weighted by Crippen LogP contribution is -2.16. The van der Waals surface area contributed by atoms with Gasteiger partial charge in [-0.05, 0) is 6.92 Å². The van der Waals surface area contributed by atoms with Crippen molar-refractivity contribution in [3.8, 4) is 0 Å². The lowest BCUT2D eigenvalue weighted by atomic mass is 10.5. The first-order valence-corrected chi connectivity index (χ1v) is 3.25. The van der Waals surface area contributed by atoms with Crippen molar-refractivity contribution in [2.24, 2.45) is 4.99 Å². The highest BCUT2D eigenvalue weighted by molar-refractivity contribution is 5.75. The molecule has 0 aliphatic carbocycles. The smallest absolute Gasteiger partial charge is 0.221 e. The zero-order valence-electron chi connectivity index (χ0n) is 6.79. The number of nitrogens with one attached hydrogen (secondary N) is 1. The molecule has 0 saturated carbocycles. The van der Waals surface area contributed by atoms with E-state index in [1.165, 1.54) is 6.92 Å². The minimum atomic E-state index is -0.0902. The van der Waals surface area contributed by atoms with E-state index in [0.29, 0.717) is 0 Å². The highest BCUT2D eigenvalue weighted by atomic mass is 16.1. The minimum Gasteiger partial charge on any atom is -0.329 e. The summed E-state index contributed by atoms with van der Waals surface area (Å²) in [6.07, 6.45) is 4.67. The van der Waals surface area contributed by atoms with Gasteiger partial charge in [0.25, 0.3) is 0 Å². The maximum Gasteiger partial charge on any atom is 0.221 e. The Labute approximate surface area is 66.5 Å². The molecule has 0 aromatic rings. The molecule has 0 bridgehead atoms. The first kappa shape index (κ1) is 9.62. The third-order valence-electron chi connectivity index (χ3n) is 0.833. The highest BCUT2D eigenvalue weighted by Crippen LogP contribution is 1.85. The van der Waals surface area contributed by atoms with E-state index in [0.717, 1.165) is 5.70 Å². The van der Waals surface area contributed by atoms with E-state index in [9.17, 15) is 4.79 Å². The number of allylic oxidation sites excluding steroid dienone is 2. The van der Waals surface area contributed by atoms with Gasteiger partial charge in [0.05, 0.1) is 0 Å². The van der Waals surface area contributed by atoms with Crippen molar-refractivity contribution in [1.29, 1.82) is 0 Å². The van der Waals surface area contributed by atoms with Crippen molar-refractivity contribution in [2.45, 2.75) is 13.8 Å². The Morgan fingerprint density at radius 3 is 2.64 bits per heavy atom. The number of nitrogens with zero attached hydrogens (tertiary/aromatic N) is 1. The largest absolute Gasteiger partial charge is 0.329 e. The molecule has 0 heterocycles. The molecule has 1 amide bonds. The van der Waals surface area contributed by atoms with Crippen LogP contribution < -0.4 is 5.32 Å². The van der Waals surface area contributed by atoms with Crippen molar-refractivity contribution in [2.75, 3.05) is 0 Å². The molecular weight excluding hydrogens is 140 g/mol. The van der Waals surface area contributed by atoms with E-state index < -0.39 is 0 Å². The number of hydrogen-bond acceptors (Lipinski definition) is 2. The zero-order valence-corrected chi connectivity index (χ0v) is 6.79. The molecule has 0 rings (SSSR count). The Morgan fingerprint density at radius 1 is 1.55 bits per heavy atom. The van der Waals surface area contributed by atoms with Crippen LogP contribution in [0, 0.1) is 0 Å². The van der Waals surface area contributed by atoms with Gasteiger partial charge in [-0.3, -0.25) is 9.79 Å². The lowest BCUT2D eigenvalue weighted by Gasteiger charge is -1.97. The highest BCUT2D eigenvalue weighted by Gasteiger charge is 1.88. The van der Waals surface area contributed by atoms with Gasteiger partial charge in [0.1, 0.15) is 0 Å². The first-order valence-electron chi connectivity index (χ1n) is 3.25. The molecule has 0 aromatic heterocycles. The van der Waals surface area contributed by atoms with Crippen molar-refractivity contribution in [3.05, 3.63) is 24.6 Å². The standard InChI is InChI=1S/C8H12N2O/c1-4-5-9-6-7(2)10-8(3)11/h4-6H,1H2,2-3H3,(H,10,11)/b7-6+,9-5?. The SMILES string of the molecule is C=CC=N/C=C(\C)NC(C)=O. The van der Waals surface area contributed by atoms with Crippen LogP contribution in [0.15, 0.2) is 29.5 Å². The molecule has 0 unspecified atom stereocenters. The number of amides is 1. The predicted octanol–water partition coefficient (Wildman–Crippen LogP) is 1.24. The van der Waals surface area contributed by atoms with E-state index in [1.807, 2.05) is 0 Å². The topological polar surface area (TPSA) is 41.5 Å². The Hall–Kier alpha value is -1.38. The van der Waals surface area contributed by atoms with E-state index in [1.54, 1.807) is 25.4 Å². The molecule has 0 aromatic carbocycles. The van der Waals surface area contributed by atoms with Crippen molar-refractivity contribution < 1.29 is 4.79 Å². The van der Waals surface area contributed by atoms with E-state index >= 15 is 0 Å². The molecule has 0 fully saturated rings. The molecule has 0 saturated heterocycles. The van der Waals surface area contributed by atoms with E-state index in [-0.39, 0.29) is 5.91 Å². The number of rotatable bonds is 3. The molecule has 60 valence electrons. The average Bonchev–Trinajstić information content (AvgIpc) is 1.86.